The van der Waals surface area contributed by atoms with E-state index in [2.05, 4.69) is 10.3 Å². The topological polar surface area (TPSA) is 60.0 Å². The first kappa shape index (κ1) is 13.9. The third-order valence-corrected chi connectivity index (χ3v) is 2.18. The minimum absolute atomic E-state index is 0.139. The first-order chi connectivity index (χ1) is 7.94. The second-order valence-corrected chi connectivity index (χ2v) is 3.68. The van der Waals surface area contributed by atoms with E-state index in [1.54, 1.807) is 13.1 Å². The van der Waals surface area contributed by atoms with Gasteiger partial charge in [-0.2, -0.15) is 13.2 Å². The molecule has 8 heteroatoms. The lowest BCUT2D eigenvalue weighted by Crippen LogP contribution is -2.33. The second kappa shape index (κ2) is 5.97. The predicted octanol–water partition coefficient (Wildman–Crippen LogP) is 0.621. The summed E-state index contributed by atoms with van der Waals surface area (Å²) in [6, 6.07) is 0. The van der Waals surface area contributed by atoms with Crippen molar-refractivity contribution in [3.63, 3.8) is 0 Å². The van der Waals surface area contributed by atoms with E-state index >= 15 is 0 Å². The lowest BCUT2D eigenvalue weighted by molar-refractivity contribution is -0.146. The van der Waals surface area contributed by atoms with Crippen molar-refractivity contribution >= 4 is 0 Å². The van der Waals surface area contributed by atoms with Gasteiger partial charge in [0.25, 0.3) is 0 Å². The van der Waals surface area contributed by atoms with Crippen LogP contribution in [0.5, 0.6) is 0 Å². The average molecular weight is 251 g/mol. The highest BCUT2D eigenvalue weighted by molar-refractivity contribution is 4.92. The van der Waals surface area contributed by atoms with Gasteiger partial charge in [0.2, 0.25) is 0 Å². The van der Waals surface area contributed by atoms with Crippen molar-refractivity contribution in [1.29, 1.82) is 0 Å². The number of alkyl halides is 3. The van der Waals surface area contributed by atoms with Gasteiger partial charge >= 0.3 is 6.18 Å². The number of rotatable bonds is 6. The van der Waals surface area contributed by atoms with Crippen LogP contribution in [0.15, 0.2) is 6.20 Å². The summed E-state index contributed by atoms with van der Waals surface area (Å²) in [5.41, 5.74) is 5.85. The number of hydrogen-bond acceptors (Lipinski definition) is 4. The summed E-state index contributed by atoms with van der Waals surface area (Å²) < 4.78 is 38.2. The molecule has 0 atom stereocenters. The molecule has 98 valence electrons. The average Bonchev–Trinajstić information content (AvgIpc) is 2.63. The molecule has 0 fully saturated rings. The third kappa shape index (κ3) is 5.14. The smallest absolute Gasteiger partial charge is 0.329 e. The van der Waals surface area contributed by atoms with Gasteiger partial charge in [-0.15, -0.1) is 5.10 Å². The number of hydrogen-bond donors (Lipinski definition) is 1. The summed E-state index contributed by atoms with van der Waals surface area (Å²) in [6.07, 6.45) is -2.57. The minimum atomic E-state index is -4.19. The molecule has 17 heavy (non-hydrogen) atoms. The molecular formula is C9H16F3N5. The highest BCUT2D eigenvalue weighted by atomic mass is 19.4. The van der Waals surface area contributed by atoms with Crippen LogP contribution in [0.2, 0.25) is 0 Å². The molecule has 0 radical (unpaired) electrons. The van der Waals surface area contributed by atoms with Crippen LogP contribution in [0, 0.1) is 0 Å². The molecule has 0 aromatic carbocycles. The van der Waals surface area contributed by atoms with E-state index < -0.39 is 12.7 Å². The first-order valence-corrected chi connectivity index (χ1v) is 5.32. The van der Waals surface area contributed by atoms with E-state index in [4.69, 9.17) is 5.73 Å². The van der Waals surface area contributed by atoms with Crippen molar-refractivity contribution in [3.05, 3.63) is 11.9 Å². The predicted molar refractivity (Wildman–Crippen MR) is 56.1 cm³/mol. The molecule has 2 N–H and O–H groups in total. The summed E-state index contributed by atoms with van der Waals surface area (Å²) in [5.74, 6) is 0. The van der Waals surface area contributed by atoms with Crippen LogP contribution >= 0.6 is 0 Å². The Kier molecular flexibility index (Phi) is 4.88. The maximum absolute atomic E-state index is 12.2. The van der Waals surface area contributed by atoms with Gasteiger partial charge in [-0.1, -0.05) is 12.1 Å². The number of aromatic nitrogens is 3. The van der Waals surface area contributed by atoms with Crippen molar-refractivity contribution in [2.75, 3.05) is 19.6 Å². The second-order valence-electron chi connectivity index (χ2n) is 3.68. The Morgan fingerprint density at radius 3 is 2.71 bits per heavy atom. The van der Waals surface area contributed by atoms with Crippen molar-refractivity contribution in [2.24, 2.45) is 5.73 Å². The molecule has 1 aromatic rings. The lowest BCUT2D eigenvalue weighted by atomic mass is 10.4. The van der Waals surface area contributed by atoms with E-state index in [-0.39, 0.29) is 6.54 Å². The summed E-state index contributed by atoms with van der Waals surface area (Å²) in [5, 5.41) is 7.57. The molecule has 0 amide bonds. The Labute approximate surface area is 97.4 Å². The van der Waals surface area contributed by atoms with E-state index in [0.717, 1.165) is 0 Å². The lowest BCUT2D eigenvalue weighted by Gasteiger charge is -2.20. The normalized spacial score (nSPS) is 12.4. The Morgan fingerprint density at radius 1 is 1.47 bits per heavy atom. The van der Waals surface area contributed by atoms with Crippen LogP contribution in [-0.4, -0.2) is 45.7 Å². The number of nitrogens with zero attached hydrogens (tertiary/aromatic N) is 4. The van der Waals surface area contributed by atoms with Crippen LogP contribution < -0.4 is 5.73 Å². The van der Waals surface area contributed by atoms with Gasteiger partial charge in [0.05, 0.1) is 18.8 Å². The molecule has 1 rings (SSSR count). The van der Waals surface area contributed by atoms with Crippen LogP contribution in [-0.2, 0) is 13.1 Å². The summed E-state index contributed by atoms with van der Waals surface area (Å²) in [7, 11) is 0. The van der Waals surface area contributed by atoms with E-state index in [9.17, 15) is 13.2 Å². The maximum Gasteiger partial charge on any atom is 0.401 e. The molecule has 0 aliphatic carbocycles. The molecule has 0 unspecified atom stereocenters. The largest absolute Gasteiger partial charge is 0.401 e. The minimum Gasteiger partial charge on any atom is -0.329 e. The Hall–Kier alpha value is -1.15. The van der Waals surface area contributed by atoms with Crippen LogP contribution in [0.4, 0.5) is 13.2 Å². The van der Waals surface area contributed by atoms with Crippen molar-refractivity contribution in [3.8, 4) is 0 Å². The Balaban J connectivity index is 2.54. The number of nitrogens with two attached hydrogens (primary N) is 1. The molecular weight excluding hydrogens is 235 g/mol. The molecule has 0 spiro atoms. The first-order valence-electron chi connectivity index (χ1n) is 5.32. The van der Waals surface area contributed by atoms with Crippen molar-refractivity contribution in [2.45, 2.75) is 26.2 Å². The standard InChI is InChI=1S/C9H16F3N5/c1-2-16(7-9(10,11)12)5-8-6-17(4-3-13)15-14-8/h6H,2-5,7,13H2,1H3. The van der Waals surface area contributed by atoms with Gasteiger partial charge in [0.15, 0.2) is 0 Å². The van der Waals surface area contributed by atoms with Crippen LogP contribution in [0.1, 0.15) is 12.6 Å². The third-order valence-electron chi connectivity index (χ3n) is 2.18. The molecule has 5 nitrogen and oxygen atoms in total. The van der Waals surface area contributed by atoms with Gasteiger partial charge in [-0.05, 0) is 6.54 Å². The van der Waals surface area contributed by atoms with E-state index in [1.807, 2.05) is 0 Å². The molecule has 0 aliphatic heterocycles. The molecule has 1 aromatic heterocycles. The quantitative estimate of drug-likeness (QED) is 0.805. The van der Waals surface area contributed by atoms with Crippen molar-refractivity contribution < 1.29 is 13.2 Å². The van der Waals surface area contributed by atoms with Crippen molar-refractivity contribution in [1.82, 2.24) is 19.9 Å². The monoisotopic (exact) mass is 251 g/mol. The molecule has 1 heterocycles. The zero-order valence-corrected chi connectivity index (χ0v) is 9.61. The van der Waals surface area contributed by atoms with Crippen LogP contribution in [0.3, 0.4) is 0 Å². The molecule has 0 aliphatic rings. The summed E-state index contributed by atoms with van der Waals surface area (Å²) in [4.78, 5) is 1.26. The zero-order valence-electron chi connectivity index (χ0n) is 9.61. The summed E-state index contributed by atoms with van der Waals surface area (Å²) in [6.45, 7) is 2.12. The van der Waals surface area contributed by atoms with E-state index in [0.29, 0.717) is 25.3 Å². The Morgan fingerprint density at radius 2 is 2.18 bits per heavy atom. The fraction of sp³-hybridized carbons (Fsp3) is 0.778. The molecule has 0 bridgehead atoms. The highest BCUT2D eigenvalue weighted by Crippen LogP contribution is 2.17. The van der Waals surface area contributed by atoms with Gasteiger partial charge in [0, 0.05) is 19.3 Å². The van der Waals surface area contributed by atoms with Gasteiger partial charge in [0.1, 0.15) is 0 Å². The molecule has 0 saturated heterocycles. The molecule has 0 saturated carbocycles. The fourth-order valence-corrected chi connectivity index (χ4v) is 1.41. The van der Waals surface area contributed by atoms with Crippen LogP contribution in [0.25, 0.3) is 0 Å². The fourth-order valence-electron chi connectivity index (χ4n) is 1.41. The van der Waals surface area contributed by atoms with Gasteiger partial charge in [-0.25, -0.2) is 0 Å². The van der Waals surface area contributed by atoms with E-state index in [1.165, 1.54) is 9.58 Å². The SMILES string of the molecule is CCN(Cc1cn(CCN)nn1)CC(F)(F)F. The zero-order chi connectivity index (χ0) is 12.9. The highest BCUT2D eigenvalue weighted by Gasteiger charge is 2.30. The Bertz CT molecular complexity index is 336. The van der Waals surface area contributed by atoms with Gasteiger partial charge in [-0.3, -0.25) is 9.58 Å². The maximum atomic E-state index is 12.2. The van der Waals surface area contributed by atoms with Gasteiger partial charge < -0.3 is 5.73 Å². The number of halogens is 3. The summed E-state index contributed by atoms with van der Waals surface area (Å²) >= 11 is 0.